The molecule has 0 spiro atoms. The van der Waals surface area contributed by atoms with Crippen LogP contribution in [0.25, 0.3) is 5.82 Å². The Morgan fingerprint density at radius 1 is 1.03 bits per heavy atom. The molecule has 1 aliphatic heterocycles. The summed E-state index contributed by atoms with van der Waals surface area (Å²) in [6.45, 7) is 1.47. The maximum absolute atomic E-state index is 13.5. The normalized spacial score (nSPS) is 33.5. The van der Waals surface area contributed by atoms with Crippen LogP contribution >= 0.6 is 0 Å². The molecule has 4 fully saturated rings. The summed E-state index contributed by atoms with van der Waals surface area (Å²) in [6.07, 6.45) is 15.1. The van der Waals surface area contributed by atoms with Crippen LogP contribution in [-0.2, 0) is 4.74 Å². The van der Waals surface area contributed by atoms with Crippen LogP contribution in [0.4, 0.5) is 0 Å². The van der Waals surface area contributed by atoms with Crippen molar-refractivity contribution in [2.24, 2.45) is 23.7 Å². The third-order valence-electron chi connectivity index (χ3n) is 8.14. The molecule has 3 bridgehead atoms. The summed E-state index contributed by atoms with van der Waals surface area (Å²) in [5.74, 6) is 4.04. The second-order valence-corrected chi connectivity index (χ2v) is 9.88. The summed E-state index contributed by atoms with van der Waals surface area (Å²) in [6, 6.07) is 2.43. The molecule has 160 valence electrons. The van der Waals surface area contributed by atoms with E-state index in [0.717, 1.165) is 56.0 Å². The average Bonchev–Trinajstić information content (AvgIpc) is 3.48. The van der Waals surface area contributed by atoms with Crippen LogP contribution in [0.2, 0.25) is 0 Å². The van der Waals surface area contributed by atoms with Gasteiger partial charge in [0.25, 0.3) is 5.91 Å². The number of hydrogen-bond acceptors (Lipinski definition) is 4. The smallest absolute Gasteiger partial charge is 0.256 e. The van der Waals surface area contributed by atoms with E-state index in [0.29, 0.717) is 17.5 Å². The predicted octanol–water partition coefficient (Wildman–Crippen LogP) is 3.36. The maximum Gasteiger partial charge on any atom is 0.256 e. The lowest BCUT2D eigenvalue weighted by Crippen LogP contribution is -2.41. The summed E-state index contributed by atoms with van der Waals surface area (Å²) in [4.78, 5) is 13.5. The fraction of sp³-hybridized carbons (Fsp3) is 0.696. The standard InChI is InChI=1S/C23H31N5O2/c29-22(26-21-3-2-15-10-16-12-17(11-15)19(21)13-16)20-14-25-28(18-4-8-30-9-5-18)23(20)27-7-1-6-24-27/h1,6-7,14-19,21H,2-5,8-13H2,(H,26,29)/t15?,16?,17?,19?,21-/m0/s1. The highest BCUT2D eigenvalue weighted by atomic mass is 16.5. The first-order valence-electron chi connectivity index (χ1n) is 11.7. The Kier molecular flexibility index (Phi) is 4.66. The largest absolute Gasteiger partial charge is 0.381 e. The first kappa shape index (κ1) is 18.6. The minimum absolute atomic E-state index is 0.00466. The Bertz CT molecular complexity index is 901. The van der Waals surface area contributed by atoms with Gasteiger partial charge >= 0.3 is 0 Å². The first-order valence-corrected chi connectivity index (χ1v) is 11.7. The Morgan fingerprint density at radius 3 is 2.73 bits per heavy atom. The third-order valence-corrected chi connectivity index (χ3v) is 8.14. The van der Waals surface area contributed by atoms with E-state index in [1.54, 1.807) is 17.1 Å². The lowest BCUT2D eigenvalue weighted by Gasteiger charge is -2.27. The number of aromatic nitrogens is 4. The van der Waals surface area contributed by atoms with Crippen LogP contribution in [0, 0.1) is 23.7 Å². The molecule has 5 atom stereocenters. The van der Waals surface area contributed by atoms with E-state index in [1.165, 1.54) is 32.1 Å². The van der Waals surface area contributed by atoms with Gasteiger partial charge in [0.1, 0.15) is 5.56 Å². The summed E-state index contributed by atoms with van der Waals surface area (Å²) < 4.78 is 9.31. The van der Waals surface area contributed by atoms with E-state index in [9.17, 15) is 4.79 Å². The lowest BCUT2D eigenvalue weighted by molar-refractivity contribution is 0.0660. The Hall–Kier alpha value is -2.15. The van der Waals surface area contributed by atoms with Crippen LogP contribution in [0.5, 0.6) is 0 Å². The molecule has 4 aliphatic rings. The summed E-state index contributed by atoms with van der Waals surface area (Å²) in [5, 5.41) is 12.5. The molecule has 1 amide bonds. The molecular formula is C23H31N5O2. The van der Waals surface area contributed by atoms with Crippen LogP contribution in [0.1, 0.15) is 67.8 Å². The highest BCUT2D eigenvalue weighted by molar-refractivity contribution is 5.97. The van der Waals surface area contributed by atoms with Crippen molar-refractivity contribution in [3.8, 4) is 5.82 Å². The van der Waals surface area contributed by atoms with Crippen molar-refractivity contribution in [1.82, 2.24) is 24.9 Å². The number of nitrogens with zero attached hydrogens (tertiary/aromatic N) is 4. The van der Waals surface area contributed by atoms with Gasteiger partial charge in [0, 0.05) is 31.6 Å². The molecule has 1 N–H and O–H groups in total. The van der Waals surface area contributed by atoms with Crippen LogP contribution in [-0.4, -0.2) is 44.7 Å². The van der Waals surface area contributed by atoms with Crippen molar-refractivity contribution in [1.29, 1.82) is 0 Å². The van der Waals surface area contributed by atoms with Crippen molar-refractivity contribution in [3.05, 3.63) is 30.2 Å². The van der Waals surface area contributed by atoms with Crippen molar-refractivity contribution >= 4 is 5.91 Å². The zero-order valence-corrected chi connectivity index (χ0v) is 17.4. The molecule has 3 aliphatic carbocycles. The lowest BCUT2D eigenvalue weighted by atomic mass is 9.80. The van der Waals surface area contributed by atoms with Gasteiger partial charge in [-0.1, -0.05) is 0 Å². The van der Waals surface area contributed by atoms with Gasteiger partial charge in [-0.15, -0.1) is 0 Å². The SMILES string of the molecule is O=C(N[C@H]1CCC2CC3CC(C2)C1C3)c1cnn(C2CCOCC2)c1-n1cccn1. The fourth-order valence-electron chi connectivity index (χ4n) is 6.85. The van der Waals surface area contributed by atoms with Gasteiger partial charge < -0.3 is 10.1 Å². The van der Waals surface area contributed by atoms with E-state index >= 15 is 0 Å². The fourth-order valence-corrected chi connectivity index (χ4v) is 6.85. The van der Waals surface area contributed by atoms with E-state index in [2.05, 4.69) is 15.5 Å². The molecule has 0 radical (unpaired) electrons. The van der Waals surface area contributed by atoms with Gasteiger partial charge in [0.2, 0.25) is 0 Å². The number of rotatable bonds is 4. The number of amides is 1. The molecule has 7 nitrogen and oxygen atoms in total. The van der Waals surface area contributed by atoms with Gasteiger partial charge in [0.15, 0.2) is 5.82 Å². The average molecular weight is 410 g/mol. The van der Waals surface area contributed by atoms with Crippen LogP contribution in [0.15, 0.2) is 24.7 Å². The Balaban J connectivity index is 1.28. The summed E-state index contributed by atoms with van der Waals surface area (Å²) >= 11 is 0. The Labute approximate surface area is 177 Å². The van der Waals surface area contributed by atoms with Crippen molar-refractivity contribution in [2.75, 3.05) is 13.2 Å². The molecule has 30 heavy (non-hydrogen) atoms. The van der Waals surface area contributed by atoms with Crippen molar-refractivity contribution in [3.63, 3.8) is 0 Å². The highest BCUT2D eigenvalue weighted by Gasteiger charge is 2.46. The monoisotopic (exact) mass is 409 g/mol. The second-order valence-electron chi connectivity index (χ2n) is 9.88. The zero-order chi connectivity index (χ0) is 20.1. The molecule has 7 heteroatoms. The number of nitrogens with one attached hydrogen (secondary N) is 1. The number of fused-ring (bicyclic) bond motifs is 2. The maximum atomic E-state index is 13.5. The van der Waals surface area contributed by atoms with Gasteiger partial charge in [-0.05, 0) is 81.1 Å². The Morgan fingerprint density at radius 2 is 1.90 bits per heavy atom. The summed E-state index contributed by atoms with van der Waals surface area (Å²) in [5.41, 5.74) is 0.633. The molecule has 3 heterocycles. The molecule has 0 aromatic carbocycles. The van der Waals surface area contributed by atoms with E-state index < -0.39 is 0 Å². The zero-order valence-electron chi connectivity index (χ0n) is 17.4. The van der Waals surface area contributed by atoms with E-state index in [-0.39, 0.29) is 11.9 Å². The topological polar surface area (TPSA) is 74.0 Å². The highest BCUT2D eigenvalue weighted by Crippen LogP contribution is 2.53. The van der Waals surface area contributed by atoms with Crippen molar-refractivity contribution in [2.45, 2.75) is 63.5 Å². The minimum atomic E-state index is 0.00466. The summed E-state index contributed by atoms with van der Waals surface area (Å²) in [7, 11) is 0. The van der Waals surface area contributed by atoms with Gasteiger partial charge in [-0.25, -0.2) is 9.36 Å². The quantitative estimate of drug-likeness (QED) is 0.840. The molecule has 3 saturated carbocycles. The van der Waals surface area contributed by atoms with Crippen molar-refractivity contribution < 1.29 is 9.53 Å². The first-order chi connectivity index (χ1) is 14.8. The molecule has 6 rings (SSSR count). The number of carbonyl (C=O) groups excluding carboxylic acids is 1. The third kappa shape index (κ3) is 3.18. The molecular weight excluding hydrogens is 378 g/mol. The van der Waals surface area contributed by atoms with Gasteiger partial charge in [-0.3, -0.25) is 4.79 Å². The number of carbonyl (C=O) groups is 1. The van der Waals surface area contributed by atoms with Gasteiger partial charge in [0.05, 0.1) is 12.2 Å². The number of ether oxygens (including phenoxy) is 1. The predicted molar refractivity (Wildman–Crippen MR) is 111 cm³/mol. The van der Waals surface area contributed by atoms with E-state index in [4.69, 9.17) is 4.74 Å². The molecule has 1 saturated heterocycles. The van der Waals surface area contributed by atoms with E-state index in [1.807, 2.05) is 16.9 Å². The molecule has 4 unspecified atom stereocenters. The molecule has 2 aromatic heterocycles. The minimum Gasteiger partial charge on any atom is -0.381 e. The van der Waals surface area contributed by atoms with Gasteiger partial charge in [-0.2, -0.15) is 10.2 Å². The molecule has 2 aromatic rings. The van der Waals surface area contributed by atoms with Crippen LogP contribution in [0.3, 0.4) is 0 Å². The number of hydrogen-bond donors (Lipinski definition) is 1. The second kappa shape index (κ2) is 7.52. The van der Waals surface area contributed by atoms with Crippen LogP contribution < -0.4 is 5.32 Å².